The van der Waals surface area contributed by atoms with Crippen LogP contribution in [0.3, 0.4) is 0 Å². The number of hydrogen-bond acceptors (Lipinski definition) is 4. The van der Waals surface area contributed by atoms with Crippen LogP contribution in [0, 0.1) is 0 Å². The Hall–Kier alpha value is -1.65. The molecule has 2 aromatic heterocycles. The Morgan fingerprint density at radius 2 is 2.13 bits per heavy atom. The Bertz CT molecular complexity index is 474. The van der Waals surface area contributed by atoms with Crippen molar-refractivity contribution >= 4 is 17.0 Å². The molecule has 0 aliphatic heterocycles. The number of aryl methyl sites for hydroxylation is 2. The Kier molecular flexibility index (Phi) is 2.53. The van der Waals surface area contributed by atoms with Crippen molar-refractivity contribution in [2.45, 2.75) is 33.2 Å². The molecule has 80 valence electrons. The largest absolute Gasteiger partial charge is 0.382 e. The lowest BCUT2D eigenvalue weighted by atomic mass is 10.3. The molecular formula is C10H15N5. The summed E-state index contributed by atoms with van der Waals surface area (Å²) in [5, 5.41) is 0. The standard InChI is InChI=1S/C10H15N5/c1-3-5-7-13-9(11)8-10(14-7)15(4-2)6-12-8/h6H,3-5H2,1-2H3,(H2,11,13,14). The fourth-order valence-corrected chi connectivity index (χ4v) is 1.58. The van der Waals surface area contributed by atoms with Gasteiger partial charge in [-0.2, -0.15) is 0 Å². The Morgan fingerprint density at radius 3 is 2.80 bits per heavy atom. The predicted molar refractivity (Wildman–Crippen MR) is 59.4 cm³/mol. The van der Waals surface area contributed by atoms with E-state index in [4.69, 9.17) is 5.73 Å². The molecule has 0 aliphatic rings. The van der Waals surface area contributed by atoms with Gasteiger partial charge in [-0.3, -0.25) is 0 Å². The van der Waals surface area contributed by atoms with Crippen molar-refractivity contribution in [1.29, 1.82) is 0 Å². The van der Waals surface area contributed by atoms with Crippen molar-refractivity contribution in [2.24, 2.45) is 0 Å². The Morgan fingerprint density at radius 1 is 1.33 bits per heavy atom. The number of nitrogens with zero attached hydrogens (tertiary/aromatic N) is 4. The zero-order valence-corrected chi connectivity index (χ0v) is 9.06. The highest BCUT2D eigenvalue weighted by molar-refractivity contribution is 5.81. The number of nitrogen functional groups attached to an aromatic ring is 1. The van der Waals surface area contributed by atoms with Gasteiger partial charge in [0, 0.05) is 13.0 Å². The van der Waals surface area contributed by atoms with Crippen LogP contribution in [0.25, 0.3) is 11.2 Å². The summed E-state index contributed by atoms with van der Waals surface area (Å²) in [5.41, 5.74) is 7.37. The van der Waals surface area contributed by atoms with Gasteiger partial charge in [0.1, 0.15) is 11.3 Å². The fraction of sp³-hybridized carbons (Fsp3) is 0.500. The minimum absolute atomic E-state index is 0.482. The molecule has 0 amide bonds. The molecule has 5 nitrogen and oxygen atoms in total. The van der Waals surface area contributed by atoms with Gasteiger partial charge in [-0.05, 0) is 13.3 Å². The molecule has 0 spiro atoms. The molecule has 5 heteroatoms. The van der Waals surface area contributed by atoms with E-state index in [1.807, 2.05) is 4.57 Å². The van der Waals surface area contributed by atoms with Gasteiger partial charge < -0.3 is 10.3 Å². The van der Waals surface area contributed by atoms with Gasteiger partial charge in [0.15, 0.2) is 11.5 Å². The van der Waals surface area contributed by atoms with Crippen LogP contribution in [0.15, 0.2) is 6.33 Å². The number of fused-ring (bicyclic) bond motifs is 1. The van der Waals surface area contributed by atoms with Gasteiger partial charge in [-0.15, -0.1) is 0 Å². The maximum absolute atomic E-state index is 5.83. The first kappa shape index (κ1) is 9.89. The van der Waals surface area contributed by atoms with E-state index in [0.717, 1.165) is 30.9 Å². The van der Waals surface area contributed by atoms with Crippen LogP contribution in [-0.4, -0.2) is 19.5 Å². The molecule has 0 radical (unpaired) electrons. The fourth-order valence-electron chi connectivity index (χ4n) is 1.58. The molecule has 2 aromatic rings. The molecule has 0 aromatic carbocycles. The molecule has 0 saturated carbocycles. The summed E-state index contributed by atoms with van der Waals surface area (Å²) in [6, 6.07) is 0. The number of aromatic nitrogens is 4. The zero-order chi connectivity index (χ0) is 10.8. The quantitative estimate of drug-likeness (QED) is 0.821. The van der Waals surface area contributed by atoms with E-state index in [9.17, 15) is 0 Å². The van der Waals surface area contributed by atoms with Crippen molar-refractivity contribution in [3.8, 4) is 0 Å². The van der Waals surface area contributed by atoms with Crippen LogP contribution >= 0.6 is 0 Å². The van der Waals surface area contributed by atoms with E-state index in [1.165, 1.54) is 0 Å². The summed E-state index contributed by atoms with van der Waals surface area (Å²) >= 11 is 0. The van der Waals surface area contributed by atoms with E-state index >= 15 is 0 Å². The number of anilines is 1. The first-order valence-electron chi connectivity index (χ1n) is 5.23. The maximum atomic E-state index is 5.83. The van der Waals surface area contributed by atoms with Crippen molar-refractivity contribution in [2.75, 3.05) is 5.73 Å². The summed E-state index contributed by atoms with van der Waals surface area (Å²) < 4.78 is 1.98. The lowest BCUT2D eigenvalue weighted by Crippen LogP contribution is -2.03. The average molecular weight is 205 g/mol. The third-order valence-corrected chi connectivity index (χ3v) is 2.35. The van der Waals surface area contributed by atoms with Crippen LogP contribution < -0.4 is 5.73 Å². The minimum Gasteiger partial charge on any atom is -0.382 e. The van der Waals surface area contributed by atoms with Crippen LogP contribution in [0.2, 0.25) is 0 Å². The lowest BCUT2D eigenvalue weighted by Gasteiger charge is -2.02. The molecular weight excluding hydrogens is 190 g/mol. The van der Waals surface area contributed by atoms with Crippen molar-refractivity contribution < 1.29 is 0 Å². The molecule has 0 aliphatic carbocycles. The van der Waals surface area contributed by atoms with Gasteiger partial charge in [0.2, 0.25) is 0 Å². The Labute approximate surface area is 88.4 Å². The third-order valence-electron chi connectivity index (χ3n) is 2.35. The van der Waals surface area contributed by atoms with Gasteiger partial charge in [0.05, 0.1) is 6.33 Å². The predicted octanol–water partition coefficient (Wildman–Crippen LogP) is 1.38. The van der Waals surface area contributed by atoms with Crippen molar-refractivity contribution in [1.82, 2.24) is 19.5 Å². The van der Waals surface area contributed by atoms with Gasteiger partial charge in [0.25, 0.3) is 0 Å². The smallest absolute Gasteiger partial charge is 0.165 e. The normalized spacial score (nSPS) is 11.1. The molecule has 2 heterocycles. The van der Waals surface area contributed by atoms with E-state index < -0.39 is 0 Å². The summed E-state index contributed by atoms with van der Waals surface area (Å²) in [7, 11) is 0. The molecule has 0 atom stereocenters. The van der Waals surface area contributed by atoms with Crippen LogP contribution in [-0.2, 0) is 13.0 Å². The Balaban J connectivity index is 2.60. The second kappa shape index (κ2) is 3.84. The highest BCUT2D eigenvalue weighted by atomic mass is 15.1. The van der Waals surface area contributed by atoms with E-state index in [2.05, 4.69) is 28.8 Å². The van der Waals surface area contributed by atoms with Crippen LogP contribution in [0.5, 0.6) is 0 Å². The lowest BCUT2D eigenvalue weighted by molar-refractivity contribution is 0.767. The highest BCUT2D eigenvalue weighted by Crippen LogP contribution is 2.16. The number of nitrogens with two attached hydrogens (primary N) is 1. The molecule has 2 N–H and O–H groups in total. The average Bonchev–Trinajstić information content (AvgIpc) is 2.61. The monoisotopic (exact) mass is 205 g/mol. The first-order valence-corrected chi connectivity index (χ1v) is 5.23. The maximum Gasteiger partial charge on any atom is 0.165 e. The van der Waals surface area contributed by atoms with Gasteiger partial charge >= 0.3 is 0 Å². The van der Waals surface area contributed by atoms with E-state index in [0.29, 0.717) is 11.3 Å². The third kappa shape index (κ3) is 1.65. The summed E-state index contributed by atoms with van der Waals surface area (Å²) in [6.07, 6.45) is 3.63. The van der Waals surface area contributed by atoms with Gasteiger partial charge in [-0.1, -0.05) is 6.92 Å². The van der Waals surface area contributed by atoms with Crippen LogP contribution in [0.1, 0.15) is 26.1 Å². The van der Waals surface area contributed by atoms with Gasteiger partial charge in [-0.25, -0.2) is 15.0 Å². The summed E-state index contributed by atoms with van der Waals surface area (Å²) in [6.45, 7) is 5.00. The highest BCUT2D eigenvalue weighted by Gasteiger charge is 2.09. The first-order chi connectivity index (χ1) is 7.26. The second-order valence-corrected chi connectivity index (χ2v) is 3.48. The van der Waals surface area contributed by atoms with E-state index in [1.54, 1.807) is 6.33 Å². The summed E-state index contributed by atoms with van der Waals surface area (Å²) in [5.74, 6) is 1.29. The molecule has 0 unspecified atom stereocenters. The molecule has 0 fully saturated rings. The van der Waals surface area contributed by atoms with E-state index in [-0.39, 0.29) is 0 Å². The summed E-state index contributed by atoms with van der Waals surface area (Å²) in [4.78, 5) is 12.9. The minimum atomic E-state index is 0.482. The zero-order valence-electron chi connectivity index (χ0n) is 9.06. The molecule has 2 rings (SSSR count). The molecule has 15 heavy (non-hydrogen) atoms. The number of rotatable bonds is 3. The number of imidazole rings is 1. The second-order valence-electron chi connectivity index (χ2n) is 3.48. The number of hydrogen-bond donors (Lipinski definition) is 1. The van der Waals surface area contributed by atoms with Crippen molar-refractivity contribution in [3.63, 3.8) is 0 Å². The topological polar surface area (TPSA) is 69.6 Å². The molecule has 0 saturated heterocycles. The molecule has 0 bridgehead atoms. The van der Waals surface area contributed by atoms with Crippen molar-refractivity contribution in [3.05, 3.63) is 12.2 Å². The SMILES string of the molecule is CCCc1nc(N)c2ncn(CC)c2n1. The van der Waals surface area contributed by atoms with Crippen LogP contribution in [0.4, 0.5) is 5.82 Å².